The average molecular weight is 351 g/mol. The largest absolute Gasteiger partial charge is 0.496 e. The zero-order valence-corrected chi connectivity index (χ0v) is 15.0. The number of benzene rings is 2. The number of para-hydroxylation sites is 1. The average Bonchev–Trinajstić information content (AvgIpc) is 3.16. The van der Waals surface area contributed by atoms with Crippen molar-refractivity contribution < 1.29 is 13.9 Å². The van der Waals surface area contributed by atoms with Crippen LogP contribution in [0.5, 0.6) is 5.75 Å². The lowest BCUT2D eigenvalue weighted by Crippen LogP contribution is -2.36. The smallest absolute Gasteiger partial charge is 0.311 e. The zero-order chi connectivity index (χ0) is 18.5. The highest BCUT2D eigenvalue weighted by molar-refractivity contribution is 5.90. The van der Waals surface area contributed by atoms with Crippen LogP contribution in [-0.2, 0) is 6.54 Å². The number of carbonyl (C=O) groups excluding carboxylic acids is 1. The summed E-state index contributed by atoms with van der Waals surface area (Å²) in [5.41, 5.74) is 1.69. The van der Waals surface area contributed by atoms with E-state index in [1.165, 1.54) is 0 Å². The molecule has 0 aliphatic rings. The number of aromatic nitrogens is 2. The lowest BCUT2D eigenvalue weighted by atomic mass is 10.2. The van der Waals surface area contributed by atoms with E-state index in [0.717, 1.165) is 5.56 Å². The number of carbonyl (C=O) groups is 1. The van der Waals surface area contributed by atoms with Crippen LogP contribution in [0.2, 0.25) is 0 Å². The van der Waals surface area contributed by atoms with Crippen molar-refractivity contribution in [3.63, 3.8) is 0 Å². The van der Waals surface area contributed by atoms with Crippen molar-refractivity contribution >= 4 is 5.91 Å². The fraction of sp³-hybridized carbons (Fsp3) is 0.250. The number of methoxy groups -OCH3 is 1. The SMILES string of the molecule is COc1ccccc1-c1nnc(C(=O)N(Cc2ccccc2)C(C)C)o1. The third kappa shape index (κ3) is 3.74. The summed E-state index contributed by atoms with van der Waals surface area (Å²) >= 11 is 0. The highest BCUT2D eigenvalue weighted by Gasteiger charge is 2.25. The Bertz CT molecular complexity index is 875. The van der Waals surface area contributed by atoms with E-state index in [4.69, 9.17) is 9.15 Å². The third-order valence-corrected chi connectivity index (χ3v) is 4.03. The van der Waals surface area contributed by atoms with Gasteiger partial charge in [0.1, 0.15) is 5.75 Å². The molecule has 0 saturated carbocycles. The van der Waals surface area contributed by atoms with Crippen LogP contribution in [0.25, 0.3) is 11.5 Å². The van der Waals surface area contributed by atoms with E-state index in [9.17, 15) is 4.79 Å². The second-order valence-electron chi connectivity index (χ2n) is 6.13. The van der Waals surface area contributed by atoms with Crippen LogP contribution in [0.1, 0.15) is 30.1 Å². The minimum Gasteiger partial charge on any atom is -0.496 e. The van der Waals surface area contributed by atoms with E-state index in [2.05, 4.69) is 10.2 Å². The maximum atomic E-state index is 12.9. The number of rotatable bonds is 6. The fourth-order valence-electron chi connectivity index (χ4n) is 2.63. The van der Waals surface area contributed by atoms with Gasteiger partial charge in [0.25, 0.3) is 5.89 Å². The molecule has 0 N–H and O–H groups in total. The second-order valence-corrected chi connectivity index (χ2v) is 6.13. The number of hydrogen-bond acceptors (Lipinski definition) is 5. The van der Waals surface area contributed by atoms with Gasteiger partial charge in [-0.1, -0.05) is 42.5 Å². The van der Waals surface area contributed by atoms with Gasteiger partial charge in [-0.15, -0.1) is 10.2 Å². The summed E-state index contributed by atoms with van der Waals surface area (Å²) in [7, 11) is 1.57. The molecule has 3 rings (SSSR count). The van der Waals surface area contributed by atoms with Crippen LogP contribution >= 0.6 is 0 Å². The lowest BCUT2D eigenvalue weighted by Gasteiger charge is -2.25. The number of ether oxygens (including phenoxy) is 1. The molecule has 0 aliphatic heterocycles. The Balaban J connectivity index is 1.86. The fourth-order valence-corrected chi connectivity index (χ4v) is 2.63. The standard InChI is InChI=1S/C20H21N3O3/c1-14(2)23(13-15-9-5-4-6-10-15)20(24)19-22-21-18(26-19)16-11-7-8-12-17(16)25-3/h4-12,14H,13H2,1-3H3. The molecule has 0 spiro atoms. The van der Waals surface area contributed by atoms with Crippen LogP contribution < -0.4 is 4.74 Å². The van der Waals surface area contributed by atoms with Crippen LogP contribution in [0.15, 0.2) is 59.0 Å². The van der Waals surface area contributed by atoms with Crippen LogP contribution in [0.3, 0.4) is 0 Å². The normalized spacial score (nSPS) is 10.8. The molecule has 6 nitrogen and oxygen atoms in total. The molecule has 0 radical (unpaired) electrons. The van der Waals surface area contributed by atoms with Crippen molar-refractivity contribution in [3.8, 4) is 17.2 Å². The molecular formula is C20H21N3O3. The molecule has 134 valence electrons. The van der Waals surface area contributed by atoms with E-state index >= 15 is 0 Å². The first kappa shape index (κ1) is 17.7. The van der Waals surface area contributed by atoms with Crippen molar-refractivity contribution in [2.75, 3.05) is 7.11 Å². The van der Waals surface area contributed by atoms with Crippen molar-refractivity contribution in [3.05, 3.63) is 66.1 Å². The first-order valence-corrected chi connectivity index (χ1v) is 8.42. The van der Waals surface area contributed by atoms with Crippen molar-refractivity contribution in [2.24, 2.45) is 0 Å². The Kier molecular flexibility index (Phi) is 5.31. The molecule has 0 saturated heterocycles. The lowest BCUT2D eigenvalue weighted by molar-refractivity contribution is 0.0650. The van der Waals surface area contributed by atoms with Crippen molar-refractivity contribution in [1.29, 1.82) is 0 Å². The number of nitrogens with zero attached hydrogens (tertiary/aromatic N) is 3. The summed E-state index contributed by atoms with van der Waals surface area (Å²) < 4.78 is 11.0. The Morgan fingerprint density at radius 1 is 1.08 bits per heavy atom. The topological polar surface area (TPSA) is 68.5 Å². The van der Waals surface area contributed by atoms with Crippen LogP contribution in [0, 0.1) is 0 Å². The Labute approximate surface area is 152 Å². The molecule has 3 aromatic rings. The minimum atomic E-state index is -0.294. The van der Waals surface area contributed by atoms with Crippen LogP contribution in [-0.4, -0.2) is 34.2 Å². The maximum Gasteiger partial charge on any atom is 0.311 e. The Hall–Kier alpha value is -3.15. The van der Waals surface area contributed by atoms with Crippen LogP contribution in [0.4, 0.5) is 0 Å². The first-order chi connectivity index (χ1) is 12.6. The van der Waals surface area contributed by atoms with E-state index in [0.29, 0.717) is 17.9 Å². The Morgan fingerprint density at radius 3 is 2.46 bits per heavy atom. The van der Waals surface area contributed by atoms with Gasteiger partial charge < -0.3 is 14.1 Å². The second kappa shape index (κ2) is 7.82. The molecule has 0 atom stereocenters. The first-order valence-electron chi connectivity index (χ1n) is 8.42. The van der Waals surface area contributed by atoms with Gasteiger partial charge in [-0.25, -0.2) is 0 Å². The highest BCUT2D eigenvalue weighted by atomic mass is 16.5. The van der Waals surface area contributed by atoms with E-state index in [-0.39, 0.29) is 23.7 Å². The molecule has 26 heavy (non-hydrogen) atoms. The van der Waals surface area contributed by atoms with Crippen molar-refractivity contribution in [1.82, 2.24) is 15.1 Å². The van der Waals surface area contributed by atoms with Gasteiger partial charge in [0.15, 0.2) is 0 Å². The maximum absolute atomic E-state index is 12.9. The van der Waals surface area contributed by atoms with Gasteiger partial charge in [0.2, 0.25) is 0 Å². The molecule has 1 heterocycles. The van der Waals surface area contributed by atoms with Gasteiger partial charge in [-0.05, 0) is 31.5 Å². The molecule has 0 bridgehead atoms. The van der Waals surface area contributed by atoms with E-state index < -0.39 is 0 Å². The quantitative estimate of drug-likeness (QED) is 0.676. The molecule has 1 aromatic heterocycles. The van der Waals surface area contributed by atoms with Gasteiger partial charge in [0.05, 0.1) is 12.7 Å². The summed E-state index contributed by atoms with van der Waals surface area (Å²) in [6, 6.07) is 17.1. The molecule has 0 unspecified atom stereocenters. The monoisotopic (exact) mass is 351 g/mol. The minimum absolute atomic E-state index is 0.00989. The van der Waals surface area contributed by atoms with Gasteiger partial charge in [-0.3, -0.25) is 4.79 Å². The number of amides is 1. The predicted molar refractivity (Wildman–Crippen MR) is 97.7 cm³/mol. The molecular weight excluding hydrogens is 330 g/mol. The summed E-state index contributed by atoms with van der Waals surface area (Å²) in [5, 5.41) is 7.97. The van der Waals surface area contributed by atoms with Gasteiger partial charge in [-0.2, -0.15) is 0 Å². The van der Waals surface area contributed by atoms with Gasteiger partial charge >= 0.3 is 11.8 Å². The molecule has 2 aromatic carbocycles. The summed E-state index contributed by atoms with van der Waals surface area (Å²) in [4.78, 5) is 14.6. The molecule has 1 amide bonds. The molecule has 0 aliphatic carbocycles. The van der Waals surface area contributed by atoms with E-state index in [1.807, 2.05) is 62.4 Å². The van der Waals surface area contributed by atoms with Crippen molar-refractivity contribution in [2.45, 2.75) is 26.4 Å². The summed E-state index contributed by atoms with van der Waals surface area (Å²) in [6.45, 7) is 4.39. The predicted octanol–water partition coefficient (Wildman–Crippen LogP) is 3.80. The number of hydrogen-bond donors (Lipinski definition) is 0. The summed E-state index contributed by atoms with van der Waals surface area (Å²) in [6.07, 6.45) is 0. The van der Waals surface area contributed by atoms with E-state index in [1.54, 1.807) is 18.1 Å². The Morgan fingerprint density at radius 2 is 1.77 bits per heavy atom. The highest BCUT2D eigenvalue weighted by Crippen LogP contribution is 2.28. The van der Waals surface area contributed by atoms with Gasteiger partial charge in [0, 0.05) is 12.6 Å². The summed E-state index contributed by atoms with van der Waals surface area (Å²) in [5.74, 6) is 0.544. The molecule has 6 heteroatoms. The third-order valence-electron chi connectivity index (χ3n) is 4.03. The zero-order valence-electron chi connectivity index (χ0n) is 15.0. The molecule has 0 fully saturated rings.